The zero-order chi connectivity index (χ0) is 13.7. The summed E-state index contributed by atoms with van der Waals surface area (Å²) in [6.07, 6.45) is 4.45. The fourth-order valence-electron chi connectivity index (χ4n) is 1.81. The zero-order valence-electron chi connectivity index (χ0n) is 10.7. The summed E-state index contributed by atoms with van der Waals surface area (Å²) in [5, 5.41) is 19.5. The van der Waals surface area contributed by atoms with Gasteiger partial charge in [0.2, 0.25) is 0 Å². The van der Waals surface area contributed by atoms with Gasteiger partial charge in [-0.1, -0.05) is 42.5 Å². The summed E-state index contributed by atoms with van der Waals surface area (Å²) in [5.41, 5.74) is 1.75. The average molecular weight is 256 g/mol. The van der Waals surface area contributed by atoms with Gasteiger partial charge in [-0.25, -0.2) is 0 Å². The number of benzene rings is 2. The van der Waals surface area contributed by atoms with E-state index in [4.69, 9.17) is 4.74 Å². The summed E-state index contributed by atoms with van der Waals surface area (Å²) < 4.78 is 4.93. The maximum absolute atomic E-state index is 9.82. The van der Waals surface area contributed by atoms with E-state index < -0.39 is 0 Å². The Bertz CT molecular complexity index is 574. The Labute approximate surface area is 112 Å². The molecule has 0 atom stereocenters. The van der Waals surface area contributed by atoms with Crippen molar-refractivity contribution in [3.8, 4) is 17.2 Å². The first-order chi connectivity index (χ1) is 9.20. The highest BCUT2D eigenvalue weighted by Gasteiger charge is 2.07. The van der Waals surface area contributed by atoms with Crippen molar-refractivity contribution in [2.24, 2.45) is 0 Å². The zero-order valence-corrected chi connectivity index (χ0v) is 10.7. The van der Waals surface area contributed by atoms with Gasteiger partial charge in [-0.2, -0.15) is 0 Å². The smallest absolute Gasteiger partial charge is 0.164 e. The second-order valence-corrected chi connectivity index (χ2v) is 4.17. The van der Waals surface area contributed by atoms with Gasteiger partial charge in [-0.05, 0) is 18.1 Å². The minimum atomic E-state index is 0.0309. The second kappa shape index (κ2) is 5.96. The SMILES string of the molecule is COc1cc(O)c(C/C=C\c2ccccc2)cc1O. The number of phenols is 2. The minimum absolute atomic E-state index is 0.0309. The van der Waals surface area contributed by atoms with Crippen molar-refractivity contribution < 1.29 is 14.9 Å². The number of hydrogen-bond acceptors (Lipinski definition) is 3. The molecule has 0 radical (unpaired) electrons. The molecule has 0 heterocycles. The molecule has 0 fully saturated rings. The molecule has 2 rings (SSSR count). The largest absolute Gasteiger partial charge is 0.508 e. The fourth-order valence-corrected chi connectivity index (χ4v) is 1.81. The topological polar surface area (TPSA) is 49.7 Å². The van der Waals surface area contributed by atoms with Crippen LogP contribution < -0.4 is 4.74 Å². The van der Waals surface area contributed by atoms with Gasteiger partial charge >= 0.3 is 0 Å². The maximum atomic E-state index is 9.82. The average Bonchev–Trinajstić information content (AvgIpc) is 2.43. The molecule has 0 unspecified atom stereocenters. The van der Waals surface area contributed by atoms with Gasteiger partial charge in [-0.15, -0.1) is 0 Å². The van der Waals surface area contributed by atoms with Crippen LogP contribution in [0.1, 0.15) is 11.1 Å². The third kappa shape index (κ3) is 3.28. The highest BCUT2D eigenvalue weighted by atomic mass is 16.5. The van der Waals surface area contributed by atoms with Crippen LogP contribution in [0.3, 0.4) is 0 Å². The van der Waals surface area contributed by atoms with Crippen molar-refractivity contribution in [1.82, 2.24) is 0 Å². The summed E-state index contributed by atoms with van der Waals surface area (Å²) in [7, 11) is 1.45. The Morgan fingerprint density at radius 2 is 1.79 bits per heavy atom. The minimum Gasteiger partial charge on any atom is -0.508 e. The number of phenolic OH excluding ortho intramolecular Hbond substituents is 2. The molecule has 3 heteroatoms. The molecule has 0 amide bonds. The fraction of sp³-hybridized carbons (Fsp3) is 0.125. The molecule has 0 aromatic heterocycles. The Hall–Kier alpha value is -2.42. The number of methoxy groups -OCH3 is 1. The lowest BCUT2D eigenvalue weighted by Crippen LogP contribution is -1.88. The van der Waals surface area contributed by atoms with Gasteiger partial charge in [0.1, 0.15) is 5.75 Å². The van der Waals surface area contributed by atoms with Crippen molar-refractivity contribution >= 4 is 6.08 Å². The summed E-state index contributed by atoms with van der Waals surface area (Å²) in [4.78, 5) is 0. The molecule has 0 saturated heterocycles. The van der Waals surface area contributed by atoms with E-state index in [0.29, 0.717) is 12.0 Å². The van der Waals surface area contributed by atoms with E-state index >= 15 is 0 Å². The molecular weight excluding hydrogens is 240 g/mol. The maximum Gasteiger partial charge on any atom is 0.164 e. The van der Waals surface area contributed by atoms with Crippen molar-refractivity contribution in [2.75, 3.05) is 7.11 Å². The molecule has 0 saturated carbocycles. The Balaban J connectivity index is 2.12. The van der Waals surface area contributed by atoms with E-state index in [-0.39, 0.29) is 17.2 Å². The normalized spacial score (nSPS) is 10.8. The number of hydrogen-bond donors (Lipinski definition) is 2. The lowest BCUT2D eigenvalue weighted by atomic mass is 10.1. The molecule has 0 bridgehead atoms. The van der Waals surface area contributed by atoms with E-state index in [1.807, 2.05) is 42.5 Å². The van der Waals surface area contributed by atoms with E-state index in [1.165, 1.54) is 19.2 Å². The van der Waals surface area contributed by atoms with Gasteiger partial charge in [0.05, 0.1) is 7.11 Å². The second-order valence-electron chi connectivity index (χ2n) is 4.17. The van der Waals surface area contributed by atoms with Gasteiger partial charge in [0.25, 0.3) is 0 Å². The van der Waals surface area contributed by atoms with Crippen LogP contribution in [0.4, 0.5) is 0 Å². The first-order valence-electron chi connectivity index (χ1n) is 6.01. The number of ether oxygens (including phenoxy) is 1. The van der Waals surface area contributed by atoms with Crippen LogP contribution in [-0.4, -0.2) is 17.3 Å². The molecule has 0 aliphatic carbocycles. The number of aromatic hydroxyl groups is 2. The van der Waals surface area contributed by atoms with Crippen molar-refractivity contribution in [3.63, 3.8) is 0 Å². The molecule has 2 N–H and O–H groups in total. The van der Waals surface area contributed by atoms with Crippen LogP contribution in [0.5, 0.6) is 17.2 Å². The first-order valence-corrected chi connectivity index (χ1v) is 6.01. The molecule has 3 nitrogen and oxygen atoms in total. The molecular formula is C16H16O3. The Morgan fingerprint density at radius 3 is 2.47 bits per heavy atom. The third-order valence-corrected chi connectivity index (χ3v) is 2.83. The van der Waals surface area contributed by atoms with Gasteiger partial charge in [0.15, 0.2) is 11.5 Å². The third-order valence-electron chi connectivity index (χ3n) is 2.83. The van der Waals surface area contributed by atoms with E-state index in [2.05, 4.69) is 0 Å². The van der Waals surface area contributed by atoms with Crippen LogP contribution in [0.25, 0.3) is 6.08 Å². The summed E-state index contributed by atoms with van der Waals surface area (Å²) >= 11 is 0. The molecule has 0 aliphatic rings. The predicted octanol–water partition coefficient (Wildman–Crippen LogP) is 3.36. The van der Waals surface area contributed by atoms with E-state index in [0.717, 1.165) is 5.56 Å². The van der Waals surface area contributed by atoms with Crippen molar-refractivity contribution in [2.45, 2.75) is 6.42 Å². The molecule has 2 aromatic carbocycles. The molecule has 0 aliphatic heterocycles. The number of allylic oxidation sites excluding steroid dienone is 1. The van der Waals surface area contributed by atoms with Gasteiger partial charge in [0, 0.05) is 11.6 Å². The quantitative estimate of drug-likeness (QED) is 0.825. The van der Waals surface area contributed by atoms with E-state index in [1.54, 1.807) is 0 Å². The van der Waals surface area contributed by atoms with E-state index in [9.17, 15) is 10.2 Å². The lowest BCUT2D eigenvalue weighted by Gasteiger charge is -2.07. The van der Waals surface area contributed by atoms with Crippen LogP contribution in [0.2, 0.25) is 0 Å². The summed E-state index contributed by atoms with van der Waals surface area (Å²) in [5.74, 6) is 0.420. The van der Waals surface area contributed by atoms with Crippen molar-refractivity contribution in [1.29, 1.82) is 0 Å². The Kier molecular flexibility index (Phi) is 4.08. The molecule has 2 aromatic rings. The van der Waals surface area contributed by atoms with Gasteiger partial charge < -0.3 is 14.9 Å². The lowest BCUT2D eigenvalue weighted by molar-refractivity contribution is 0.367. The summed E-state index contributed by atoms with van der Waals surface area (Å²) in [6, 6.07) is 12.8. The highest BCUT2D eigenvalue weighted by molar-refractivity contribution is 5.53. The van der Waals surface area contributed by atoms with Crippen LogP contribution >= 0.6 is 0 Å². The summed E-state index contributed by atoms with van der Waals surface area (Å²) in [6.45, 7) is 0. The standard InChI is InChI=1S/C16H16O3/c1-19-16-11-14(17)13(10-15(16)18)9-5-8-12-6-3-2-4-7-12/h2-8,10-11,17-18H,9H2,1H3/b8-5-. The molecule has 98 valence electrons. The predicted molar refractivity (Wildman–Crippen MR) is 75.5 cm³/mol. The Morgan fingerprint density at radius 1 is 1.05 bits per heavy atom. The van der Waals surface area contributed by atoms with Crippen LogP contribution in [0.15, 0.2) is 48.5 Å². The first kappa shape index (κ1) is 13.0. The van der Waals surface area contributed by atoms with Crippen LogP contribution in [0, 0.1) is 0 Å². The van der Waals surface area contributed by atoms with Crippen molar-refractivity contribution in [3.05, 3.63) is 59.7 Å². The molecule has 19 heavy (non-hydrogen) atoms. The van der Waals surface area contributed by atoms with Gasteiger partial charge in [-0.3, -0.25) is 0 Å². The highest BCUT2D eigenvalue weighted by Crippen LogP contribution is 2.33. The van der Waals surface area contributed by atoms with Crippen LogP contribution in [-0.2, 0) is 6.42 Å². The molecule has 0 spiro atoms. The monoisotopic (exact) mass is 256 g/mol. The number of rotatable bonds is 4.